The molecular weight excluding hydrogens is 326 g/mol. The standard InChI is InChI=1S/C16H19N5O4/c1-3-13-15(10(2)19-25-13)16(22)20-7-6-11(9-20)18-14-5-4-12(8-17-14)21(23)24/h4-5,8,11H,3,6-7,9H2,1-2H3,(H,17,18)/t11-/m1/s1. The molecule has 1 aliphatic heterocycles. The quantitative estimate of drug-likeness (QED) is 0.652. The largest absolute Gasteiger partial charge is 0.365 e. The third-order valence-electron chi connectivity index (χ3n) is 4.25. The molecule has 1 fully saturated rings. The van der Waals surface area contributed by atoms with Crippen molar-refractivity contribution >= 4 is 17.4 Å². The molecule has 2 aromatic rings. The monoisotopic (exact) mass is 345 g/mol. The molecule has 0 unspecified atom stereocenters. The maximum Gasteiger partial charge on any atom is 0.287 e. The van der Waals surface area contributed by atoms with Crippen LogP contribution in [0.5, 0.6) is 0 Å². The Balaban J connectivity index is 1.64. The lowest BCUT2D eigenvalue weighted by atomic mass is 10.1. The van der Waals surface area contributed by atoms with Crippen LogP contribution in [0.4, 0.5) is 11.5 Å². The molecule has 132 valence electrons. The average molecular weight is 345 g/mol. The molecule has 0 radical (unpaired) electrons. The number of amides is 1. The number of rotatable bonds is 5. The van der Waals surface area contributed by atoms with Gasteiger partial charge in [0, 0.05) is 31.6 Å². The molecule has 0 bridgehead atoms. The van der Waals surface area contributed by atoms with E-state index in [9.17, 15) is 14.9 Å². The first-order valence-electron chi connectivity index (χ1n) is 8.11. The SMILES string of the molecule is CCc1onc(C)c1C(=O)N1CC[C@@H](Nc2ccc([N+](=O)[O-])cn2)C1. The summed E-state index contributed by atoms with van der Waals surface area (Å²) in [5.41, 5.74) is 1.11. The number of aromatic nitrogens is 2. The highest BCUT2D eigenvalue weighted by atomic mass is 16.6. The van der Waals surface area contributed by atoms with E-state index in [1.165, 1.54) is 12.3 Å². The first-order valence-corrected chi connectivity index (χ1v) is 8.11. The summed E-state index contributed by atoms with van der Waals surface area (Å²) in [6.45, 7) is 4.84. The molecule has 1 atom stereocenters. The van der Waals surface area contributed by atoms with Crippen molar-refractivity contribution in [3.8, 4) is 0 Å². The number of anilines is 1. The van der Waals surface area contributed by atoms with Crippen LogP contribution in [0.3, 0.4) is 0 Å². The number of aryl methyl sites for hydroxylation is 2. The molecule has 25 heavy (non-hydrogen) atoms. The second kappa shape index (κ2) is 6.88. The van der Waals surface area contributed by atoms with Gasteiger partial charge in [-0.2, -0.15) is 0 Å². The molecule has 0 aliphatic carbocycles. The van der Waals surface area contributed by atoms with Crippen molar-refractivity contribution < 1.29 is 14.2 Å². The number of hydrogen-bond acceptors (Lipinski definition) is 7. The summed E-state index contributed by atoms with van der Waals surface area (Å²) in [7, 11) is 0. The van der Waals surface area contributed by atoms with E-state index < -0.39 is 4.92 Å². The maximum absolute atomic E-state index is 12.7. The summed E-state index contributed by atoms with van der Waals surface area (Å²) in [5.74, 6) is 1.09. The molecule has 0 aromatic carbocycles. The van der Waals surface area contributed by atoms with Crippen LogP contribution in [0.25, 0.3) is 0 Å². The van der Waals surface area contributed by atoms with Crippen molar-refractivity contribution in [2.45, 2.75) is 32.7 Å². The van der Waals surface area contributed by atoms with Crippen LogP contribution in [0, 0.1) is 17.0 Å². The Kier molecular flexibility index (Phi) is 4.64. The number of nitrogens with one attached hydrogen (secondary N) is 1. The third kappa shape index (κ3) is 3.44. The molecule has 1 saturated heterocycles. The zero-order valence-corrected chi connectivity index (χ0v) is 14.1. The smallest absolute Gasteiger partial charge is 0.287 e. The van der Waals surface area contributed by atoms with Gasteiger partial charge in [-0.3, -0.25) is 14.9 Å². The van der Waals surface area contributed by atoms with E-state index in [0.29, 0.717) is 42.3 Å². The van der Waals surface area contributed by atoms with Gasteiger partial charge in [-0.05, 0) is 19.4 Å². The lowest BCUT2D eigenvalue weighted by molar-refractivity contribution is -0.385. The van der Waals surface area contributed by atoms with Gasteiger partial charge >= 0.3 is 0 Å². The van der Waals surface area contributed by atoms with Gasteiger partial charge in [-0.15, -0.1) is 0 Å². The van der Waals surface area contributed by atoms with Crippen LogP contribution >= 0.6 is 0 Å². The Morgan fingerprint density at radius 1 is 1.52 bits per heavy atom. The minimum Gasteiger partial charge on any atom is -0.365 e. The summed E-state index contributed by atoms with van der Waals surface area (Å²) in [5, 5.41) is 17.8. The van der Waals surface area contributed by atoms with Gasteiger partial charge in [0.25, 0.3) is 11.6 Å². The summed E-state index contributed by atoms with van der Waals surface area (Å²) >= 11 is 0. The predicted octanol–water partition coefficient (Wildman–Crippen LogP) is 2.18. The minimum absolute atomic E-state index is 0.0446. The molecule has 0 saturated carbocycles. The second-order valence-corrected chi connectivity index (χ2v) is 5.96. The molecule has 0 spiro atoms. The average Bonchev–Trinajstić information content (AvgIpc) is 3.21. The molecule has 1 aliphatic rings. The van der Waals surface area contributed by atoms with Gasteiger partial charge in [0.05, 0.1) is 10.6 Å². The van der Waals surface area contributed by atoms with Gasteiger partial charge < -0.3 is 14.7 Å². The van der Waals surface area contributed by atoms with E-state index in [0.717, 1.165) is 6.42 Å². The third-order valence-corrected chi connectivity index (χ3v) is 4.25. The van der Waals surface area contributed by atoms with Crippen LogP contribution in [0.2, 0.25) is 0 Å². The van der Waals surface area contributed by atoms with Crippen molar-refractivity contribution in [2.75, 3.05) is 18.4 Å². The fraction of sp³-hybridized carbons (Fsp3) is 0.438. The predicted molar refractivity (Wildman–Crippen MR) is 89.4 cm³/mol. The number of likely N-dealkylation sites (tertiary alicyclic amines) is 1. The molecule has 3 heterocycles. The van der Waals surface area contributed by atoms with E-state index in [-0.39, 0.29) is 17.6 Å². The molecule has 1 N–H and O–H groups in total. The fourth-order valence-corrected chi connectivity index (χ4v) is 2.94. The Labute approximate surface area is 144 Å². The van der Waals surface area contributed by atoms with Crippen molar-refractivity contribution in [3.05, 3.63) is 45.5 Å². The van der Waals surface area contributed by atoms with Crippen molar-refractivity contribution in [2.24, 2.45) is 0 Å². The number of carbonyl (C=O) groups is 1. The van der Waals surface area contributed by atoms with E-state index in [4.69, 9.17) is 4.52 Å². The van der Waals surface area contributed by atoms with Gasteiger partial charge in [-0.1, -0.05) is 12.1 Å². The highest BCUT2D eigenvalue weighted by Gasteiger charge is 2.30. The van der Waals surface area contributed by atoms with Crippen LogP contribution in [-0.4, -0.2) is 45.0 Å². The Morgan fingerprint density at radius 3 is 2.96 bits per heavy atom. The topological polar surface area (TPSA) is 114 Å². The second-order valence-electron chi connectivity index (χ2n) is 5.96. The summed E-state index contributed by atoms with van der Waals surface area (Å²) in [6, 6.07) is 3.02. The molecule has 3 rings (SSSR count). The normalized spacial score (nSPS) is 16.9. The zero-order valence-electron chi connectivity index (χ0n) is 14.1. The van der Waals surface area contributed by atoms with Crippen molar-refractivity contribution in [1.29, 1.82) is 0 Å². The number of nitrogens with zero attached hydrogens (tertiary/aromatic N) is 4. The van der Waals surface area contributed by atoms with E-state index in [1.807, 2.05) is 6.92 Å². The Hall–Kier alpha value is -2.97. The Morgan fingerprint density at radius 2 is 2.32 bits per heavy atom. The first-order chi connectivity index (χ1) is 12.0. The van der Waals surface area contributed by atoms with Crippen molar-refractivity contribution in [1.82, 2.24) is 15.0 Å². The number of nitro groups is 1. The van der Waals surface area contributed by atoms with Gasteiger partial charge in [0.2, 0.25) is 0 Å². The first kappa shape index (κ1) is 16.9. The molecule has 9 nitrogen and oxygen atoms in total. The summed E-state index contributed by atoms with van der Waals surface area (Å²) in [4.78, 5) is 28.7. The van der Waals surface area contributed by atoms with E-state index in [2.05, 4.69) is 15.5 Å². The summed E-state index contributed by atoms with van der Waals surface area (Å²) < 4.78 is 5.20. The lowest BCUT2D eigenvalue weighted by Crippen LogP contribution is -2.32. The van der Waals surface area contributed by atoms with Gasteiger partial charge in [-0.25, -0.2) is 4.98 Å². The van der Waals surface area contributed by atoms with Crippen LogP contribution in [0.15, 0.2) is 22.9 Å². The number of carbonyl (C=O) groups excluding carboxylic acids is 1. The van der Waals surface area contributed by atoms with Gasteiger partial charge in [0.1, 0.15) is 23.3 Å². The van der Waals surface area contributed by atoms with E-state index >= 15 is 0 Å². The highest BCUT2D eigenvalue weighted by Crippen LogP contribution is 2.22. The molecule has 1 amide bonds. The Bertz CT molecular complexity index is 786. The highest BCUT2D eigenvalue weighted by molar-refractivity contribution is 5.96. The molecular formula is C16H19N5O4. The molecule has 9 heteroatoms. The van der Waals surface area contributed by atoms with Crippen molar-refractivity contribution in [3.63, 3.8) is 0 Å². The fourth-order valence-electron chi connectivity index (χ4n) is 2.94. The van der Waals surface area contributed by atoms with Crippen LogP contribution in [-0.2, 0) is 6.42 Å². The van der Waals surface area contributed by atoms with Crippen LogP contribution < -0.4 is 5.32 Å². The number of hydrogen-bond donors (Lipinski definition) is 1. The lowest BCUT2D eigenvalue weighted by Gasteiger charge is -2.17. The van der Waals surface area contributed by atoms with Crippen LogP contribution in [0.1, 0.15) is 35.2 Å². The maximum atomic E-state index is 12.7. The van der Waals surface area contributed by atoms with E-state index in [1.54, 1.807) is 17.9 Å². The molecule has 2 aromatic heterocycles. The zero-order chi connectivity index (χ0) is 18.0. The number of pyridine rings is 1. The van der Waals surface area contributed by atoms with Gasteiger partial charge in [0.15, 0.2) is 0 Å². The minimum atomic E-state index is -0.487. The summed E-state index contributed by atoms with van der Waals surface area (Å²) in [6.07, 6.45) is 2.61.